The van der Waals surface area contributed by atoms with Gasteiger partial charge >= 0.3 is 0 Å². The highest BCUT2D eigenvalue weighted by Gasteiger charge is 2.33. The predicted octanol–water partition coefficient (Wildman–Crippen LogP) is 2.15. The molecule has 1 N–H and O–H groups in total. The summed E-state index contributed by atoms with van der Waals surface area (Å²) in [5.74, 6) is 0. The van der Waals surface area contributed by atoms with E-state index >= 15 is 0 Å². The van der Waals surface area contributed by atoms with Crippen molar-refractivity contribution < 1.29 is 0 Å². The van der Waals surface area contributed by atoms with E-state index in [0.717, 1.165) is 18.1 Å². The lowest BCUT2D eigenvalue weighted by atomic mass is 10.1. The maximum Gasteiger partial charge on any atom is 0.0224 e. The number of likely N-dealkylation sites (tertiary alicyclic amines) is 1. The molecule has 1 saturated heterocycles. The molecule has 0 spiro atoms. The van der Waals surface area contributed by atoms with Gasteiger partial charge in [0.1, 0.15) is 0 Å². The van der Waals surface area contributed by atoms with Crippen LogP contribution in [0.2, 0.25) is 0 Å². The molecule has 0 aromatic heterocycles. The summed E-state index contributed by atoms with van der Waals surface area (Å²) < 4.78 is 0. The second kappa shape index (κ2) is 4.42. The average molecular weight is 208 g/mol. The molecule has 0 amide bonds. The Labute approximate surface area is 93.4 Å². The van der Waals surface area contributed by atoms with Crippen LogP contribution in [0.15, 0.2) is 0 Å². The average Bonchev–Trinajstić information content (AvgIpc) is 2.79. The number of hydrogen-bond donors (Lipinski definition) is 1. The van der Waals surface area contributed by atoms with Crippen molar-refractivity contribution >= 4 is 0 Å². The fraction of sp³-hybridized carbons (Fsp3) is 1.00. The normalized spacial score (nSPS) is 34.0. The zero-order chi connectivity index (χ0) is 10.1. The van der Waals surface area contributed by atoms with Crippen LogP contribution in [0.1, 0.15) is 51.4 Å². The van der Waals surface area contributed by atoms with E-state index in [1.165, 1.54) is 64.5 Å². The summed E-state index contributed by atoms with van der Waals surface area (Å²) in [6.07, 6.45) is 11.6. The molecular weight excluding hydrogens is 184 g/mol. The third kappa shape index (κ3) is 2.36. The Bertz CT molecular complexity index is 207. The summed E-state index contributed by atoms with van der Waals surface area (Å²) in [5.41, 5.74) is 0. The summed E-state index contributed by atoms with van der Waals surface area (Å²) in [7, 11) is 0. The van der Waals surface area contributed by atoms with Gasteiger partial charge in [-0.05, 0) is 45.1 Å². The van der Waals surface area contributed by atoms with E-state index in [1.807, 2.05) is 0 Å². The van der Waals surface area contributed by atoms with Crippen molar-refractivity contribution in [1.82, 2.24) is 10.2 Å². The Balaban J connectivity index is 1.51. The first-order valence-corrected chi connectivity index (χ1v) is 6.92. The van der Waals surface area contributed by atoms with E-state index in [4.69, 9.17) is 0 Å². The highest BCUT2D eigenvalue weighted by molar-refractivity contribution is 4.90. The highest BCUT2D eigenvalue weighted by Crippen LogP contribution is 2.30. The molecule has 3 fully saturated rings. The first kappa shape index (κ1) is 10.1. The van der Waals surface area contributed by atoms with Gasteiger partial charge in [0.2, 0.25) is 0 Å². The van der Waals surface area contributed by atoms with Crippen LogP contribution in [-0.2, 0) is 0 Å². The van der Waals surface area contributed by atoms with Crippen LogP contribution in [0.25, 0.3) is 0 Å². The SMILES string of the molecule is C1CCC(N2CCCC2CNC2CC2)C1. The molecule has 0 aromatic carbocycles. The van der Waals surface area contributed by atoms with Crippen molar-refractivity contribution in [3.63, 3.8) is 0 Å². The Hall–Kier alpha value is -0.0800. The van der Waals surface area contributed by atoms with Crippen LogP contribution in [0.5, 0.6) is 0 Å². The molecule has 1 heterocycles. The molecule has 86 valence electrons. The monoisotopic (exact) mass is 208 g/mol. The van der Waals surface area contributed by atoms with E-state index in [2.05, 4.69) is 10.2 Å². The van der Waals surface area contributed by atoms with Crippen molar-refractivity contribution in [1.29, 1.82) is 0 Å². The summed E-state index contributed by atoms with van der Waals surface area (Å²) in [6, 6.07) is 2.70. The maximum absolute atomic E-state index is 3.71. The van der Waals surface area contributed by atoms with Gasteiger partial charge in [-0.15, -0.1) is 0 Å². The molecule has 0 aromatic rings. The lowest BCUT2D eigenvalue weighted by Gasteiger charge is -2.30. The molecular formula is C13H24N2. The third-order valence-electron chi connectivity index (χ3n) is 4.44. The molecule has 3 aliphatic rings. The molecule has 0 bridgehead atoms. The van der Waals surface area contributed by atoms with E-state index in [-0.39, 0.29) is 0 Å². The predicted molar refractivity (Wildman–Crippen MR) is 63.0 cm³/mol. The lowest BCUT2D eigenvalue weighted by molar-refractivity contribution is 0.178. The van der Waals surface area contributed by atoms with Crippen LogP contribution in [0.3, 0.4) is 0 Å². The van der Waals surface area contributed by atoms with Gasteiger partial charge in [0, 0.05) is 24.7 Å². The largest absolute Gasteiger partial charge is 0.312 e. The molecule has 1 atom stereocenters. The highest BCUT2D eigenvalue weighted by atomic mass is 15.2. The second-order valence-corrected chi connectivity index (χ2v) is 5.65. The Morgan fingerprint density at radius 2 is 1.73 bits per heavy atom. The van der Waals surface area contributed by atoms with Crippen molar-refractivity contribution in [2.24, 2.45) is 0 Å². The van der Waals surface area contributed by atoms with Crippen LogP contribution in [0.4, 0.5) is 0 Å². The van der Waals surface area contributed by atoms with Gasteiger partial charge in [0.05, 0.1) is 0 Å². The van der Waals surface area contributed by atoms with Crippen molar-refractivity contribution in [2.75, 3.05) is 13.1 Å². The number of hydrogen-bond acceptors (Lipinski definition) is 2. The minimum Gasteiger partial charge on any atom is -0.312 e. The third-order valence-corrected chi connectivity index (χ3v) is 4.44. The molecule has 2 heteroatoms. The first-order chi connectivity index (χ1) is 7.43. The minimum absolute atomic E-state index is 0.869. The second-order valence-electron chi connectivity index (χ2n) is 5.65. The topological polar surface area (TPSA) is 15.3 Å². The number of nitrogens with zero attached hydrogens (tertiary/aromatic N) is 1. The van der Waals surface area contributed by atoms with Crippen LogP contribution < -0.4 is 5.32 Å². The number of nitrogens with one attached hydrogen (secondary N) is 1. The van der Waals surface area contributed by atoms with Gasteiger partial charge in [-0.1, -0.05) is 12.8 Å². The van der Waals surface area contributed by atoms with Gasteiger partial charge in [0.25, 0.3) is 0 Å². The van der Waals surface area contributed by atoms with Gasteiger partial charge in [0.15, 0.2) is 0 Å². The van der Waals surface area contributed by atoms with Crippen molar-refractivity contribution in [3.8, 4) is 0 Å². The van der Waals surface area contributed by atoms with E-state index in [9.17, 15) is 0 Å². The summed E-state index contributed by atoms with van der Waals surface area (Å²) in [5, 5.41) is 3.71. The molecule has 0 radical (unpaired) electrons. The molecule has 3 rings (SSSR count). The lowest BCUT2D eigenvalue weighted by Crippen LogP contribution is -2.43. The van der Waals surface area contributed by atoms with E-state index in [1.54, 1.807) is 0 Å². The fourth-order valence-corrected chi connectivity index (χ4v) is 3.38. The Morgan fingerprint density at radius 1 is 0.933 bits per heavy atom. The van der Waals surface area contributed by atoms with Crippen LogP contribution in [-0.4, -0.2) is 36.1 Å². The van der Waals surface area contributed by atoms with Crippen LogP contribution in [0, 0.1) is 0 Å². The fourth-order valence-electron chi connectivity index (χ4n) is 3.38. The standard InChI is InChI=1S/C13H24N2/c1-2-5-12(4-1)15-9-3-6-13(15)10-14-11-7-8-11/h11-14H,1-10H2. The van der Waals surface area contributed by atoms with Gasteiger partial charge in [-0.2, -0.15) is 0 Å². The molecule has 2 saturated carbocycles. The first-order valence-electron chi connectivity index (χ1n) is 6.92. The zero-order valence-electron chi connectivity index (χ0n) is 9.75. The van der Waals surface area contributed by atoms with Gasteiger partial charge in [-0.25, -0.2) is 0 Å². The minimum atomic E-state index is 0.869. The van der Waals surface area contributed by atoms with Gasteiger partial charge in [-0.3, -0.25) is 4.90 Å². The zero-order valence-corrected chi connectivity index (χ0v) is 9.75. The quantitative estimate of drug-likeness (QED) is 0.761. The van der Waals surface area contributed by atoms with Gasteiger partial charge < -0.3 is 5.32 Å². The van der Waals surface area contributed by atoms with E-state index in [0.29, 0.717) is 0 Å². The molecule has 1 aliphatic heterocycles. The smallest absolute Gasteiger partial charge is 0.0224 e. The van der Waals surface area contributed by atoms with E-state index < -0.39 is 0 Å². The molecule has 15 heavy (non-hydrogen) atoms. The van der Waals surface area contributed by atoms with Crippen molar-refractivity contribution in [2.45, 2.75) is 69.5 Å². The number of rotatable bonds is 4. The molecule has 2 nitrogen and oxygen atoms in total. The summed E-state index contributed by atoms with van der Waals surface area (Å²) in [4.78, 5) is 2.82. The molecule has 1 unspecified atom stereocenters. The Morgan fingerprint density at radius 3 is 2.47 bits per heavy atom. The van der Waals surface area contributed by atoms with Crippen LogP contribution >= 0.6 is 0 Å². The summed E-state index contributed by atoms with van der Waals surface area (Å²) >= 11 is 0. The maximum atomic E-state index is 3.71. The summed E-state index contributed by atoms with van der Waals surface area (Å²) in [6.45, 7) is 2.64. The van der Waals surface area contributed by atoms with Crippen molar-refractivity contribution in [3.05, 3.63) is 0 Å². The molecule has 2 aliphatic carbocycles. The Kier molecular flexibility index (Phi) is 2.98.